The minimum Gasteiger partial charge on any atom is -0.355 e. The van der Waals surface area contributed by atoms with E-state index < -0.39 is 10.0 Å². The van der Waals surface area contributed by atoms with Gasteiger partial charge in [0, 0.05) is 18.8 Å². The van der Waals surface area contributed by atoms with Gasteiger partial charge in [-0.05, 0) is 36.8 Å². The van der Waals surface area contributed by atoms with Gasteiger partial charge in [-0.15, -0.1) is 0 Å². The molecule has 2 N–H and O–H groups in total. The molecular formula is C14H15N3O3S. The summed E-state index contributed by atoms with van der Waals surface area (Å²) in [5.74, 6) is -0.109. The molecule has 1 amide bonds. The molecule has 0 atom stereocenters. The van der Waals surface area contributed by atoms with E-state index in [2.05, 4.69) is 15.0 Å². The van der Waals surface area contributed by atoms with Gasteiger partial charge in [-0.3, -0.25) is 9.52 Å². The van der Waals surface area contributed by atoms with E-state index in [1.165, 1.54) is 25.4 Å². The Morgan fingerprint density at radius 1 is 1.19 bits per heavy atom. The van der Waals surface area contributed by atoms with Crippen LogP contribution in [0.3, 0.4) is 0 Å². The van der Waals surface area contributed by atoms with Crippen molar-refractivity contribution in [1.29, 1.82) is 0 Å². The molecule has 1 aromatic carbocycles. The standard InChI is InChI=1S/C14H15N3O3S/c1-10-6-7-11(9-12(10)14(18)15-2)21(19,20)17-13-5-3-4-8-16-13/h3-9H,1-2H3,(H,15,18)(H,16,17). The molecule has 0 fully saturated rings. The molecule has 110 valence electrons. The normalized spacial score (nSPS) is 11.0. The number of nitrogens with zero attached hydrogens (tertiary/aromatic N) is 1. The molecule has 0 bridgehead atoms. The molecule has 2 aromatic rings. The first-order chi connectivity index (χ1) is 9.94. The number of carbonyl (C=O) groups excluding carboxylic acids is 1. The molecule has 2 rings (SSSR count). The van der Waals surface area contributed by atoms with Crippen molar-refractivity contribution in [3.63, 3.8) is 0 Å². The maximum absolute atomic E-state index is 12.3. The number of amides is 1. The number of sulfonamides is 1. The van der Waals surface area contributed by atoms with Crippen LogP contribution in [0.25, 0.3) is 0 Å². The van der Waals surface area contributed by atoms with Crippen LogP contribution in [0.5, 0.6) is 0 Å². The maximum atomic E-state index is 12.3. The summed E-state index contributed by atoms with van der Waals surface area (Å²) in [5.41, 5.74) is 1.02. The van der Waals surface area contributed by atoms with Gasteiger partial charge in [-0.1, -0.05) is 12.1 Å². The molecular weight excluding hydrogens is 290 g/mol. The number of aromatic nitrogens is 1. The fourth-order valence-electron chi connectivity index (χ4n) is 1.77. The number of anilines is 1. The van der Waals surface area contributed by atoms with Crippen LogP contribution in [0.2, 0.25) is 0 Å². The summed E-state index contributed by atoms with van der Waals surface area (Å²) in [7, 11) is -2.29. The van der Waals surface area contributed by atoms with E-state index in [0.717, 1.165) is 0 Å². The van der Waals surface area contributed by atoms with Crippen molar-refractivity contribution in [2.75, 3.05) is 11.8 Å². The molecule has 0 saturated carbocycles. The molecule has 0 spiro atoms. The van der Waals surface area contributed by atoms with Crippen LogP contribution in [0.15, 0.2) is 47.5 Å². The summed E-state index contributed by atoms with van der Waals surface area (Å²) in [6.07, 6.45) is 1.49. The van der Waals surface area contributed by atoms with Crippen molar-refractivity contribution in [3.8, 4) is 0 Å². The molecule has 7 heteroatoms. The highest BCUT2D eigenvalue weighted by Gasteiger charge is 2.18. The Bertz CT molecular complexity index is 758. The zero-order valence-corrected chi connectivity index (χ0v) is 12.4. The molecule has 0 unspecified atom stereocenters. The van der Waals surface area contributed by atoms with Crippen LogP contribution in [-0.4, -0.2) is 26.4 Å². The van der Waals surface area contributed by atoms with Gasteiger partial charge in [0.05, 0.1) is 4.90 Å². The highest BCUT2D eigenvalue weighted by Crippen LogP contribution is 2.18. The second kappa shape index (κ2) is 5.92. The fourth-order valence-corrected chi connectivity index (χ4v) is 2.80. The van der Waals surface area contributed by atoms with Crippen LogP contribution < -0.4 is 10.0 Å². The summed E-state index contributed by atoms with van der Waals surface area (Å²) in [6, 6.07) is 9.30. The van der Waals surface area contributed by atoms with E-state index in [-0.39, 0.29) is 16.6 Å². The lowest BCUT2D eigenvalue weighted by molar-refractivity contribution is 0.0962. The molecule has 0 radical (unpaired) electrons. The second-order valence-corrected chi connectivity index (χ2v) is 6.06. The Hall–Kier alpha value is -2.41. The van der Waals surface area contributed by atoms with Crippen molar-refractivity contribution in [1.82, 2.24) is 10.3 Å². The number of carbonyl (C=O) groups is 1. The van der Waals surface area contributed by atoms with E-state index in [0.29, 0.717) is 11.1 Å². The topological polar surface area (TPSA) is 88.2 Å². The van der Waals surface area contributed by atoms with Gasteiger partial charge < -0.3 is 5.32 Å². The Morgan fingerprint density at radius 3 is 2.57 bits per heavy atom. The Kier molecular flexibility index (Phi) is 4.23. The Balaban J connectivity index is 2.39. The third-order valence-electron chi connectivity index (χ3n) is 2.89. The Morgan fingerprint density at radius 2 is 1.95 bits per heavy atom. The maximum Gasteiger partial charge on any atom is 0.263 e. The molecule has 6 nitrogen and oxygen atoms in total. The summed E-state index contributed by atoms with van der Waals surface area (Å²) in [4.78, 5) is 15.7. The summed E-state index contributed by atoms with van der Waals surface area (Å²) in [5, 5.41) is 2.48. The zero-order valence-electron chi connectivity index (χ0n) is 11.6. The number of benzene rings is 1. The predicted octanol–water partition coefficient (Wildman–Crippen LogP) is 1.55. The number of aryl methyl sites for hydroxylation is 1. The molecule has 1 aromatic heterocycles. The van der Waals surface area contributed by atoms with Crippen LogP contribution >= 0.6 is 0 Å². The van der Waals surface area contributed by atoms with E-state index >= 15 is 0 Å². The quantitative estimate of drug-likeness (QED) is 0.897. The fraction of sp³-hybridized carbons (Fsp3) is 0.143. The van der Waals surface area contributed by atoms with Gasteiger partial charge in [0.25, 0.3) is 15.9 Å². The van der Waals surface area contributed by atoms with E-state index in [1.807, 2.05) is 0 Å². The van der Waals surface area contributed by atoms with Gasteiger partial charge in [0.2, 0.25) is 0 Å². The first kappa shape index (κ1) is 15.0. The summed E-state index contributed by atoms with van der Waals surface area (Å²) >= 11 is 0. The van der Waals surface area contributed by atoms with Crippen molar-refractivity contribution < 1.29 is 13.2 Å². The lowest BCUT2D eigenvalue weighted by atomic mass is 10.1. The third-order valence-corrected chi connectivity index (χ3v) is 4.25. The Labute approximate surface area is 123 Å². The van der Waals surface area contributed by atoms with E-state index in [1.54, 1.807) is 31.2 Å². The van der Waals surface area contributed by atoms with Crippen LogP contribution in [0.4, 0.5) is 5.82 Å². The first-order valence-corrected chi connectivity index (χ1v) is 7.69. The predicted molar refractivity (Wildman–Crippen MR) is 79.6 cm³/mol. The molecule has 0 saturated heterocycles. The minimum absolute atomic E-state index is 0.0114. The van der Waals surface area contributed by atoms with Crippen molar-refractivity contribution in [3.05, 3.63) is 53.7 Å². The highest BCUT2D eigenvalue weighted by atomic mass is 32.2. The van der Waals surface area contributed by atoms with Gasteiger partial charge in [-0.2, -0.15) is 0 Å². The van der Waals surface area contributed by atoms with Crippen LogP contribution in [0.1, 0.15) is 15.9 Å². The lowest BCUT2D eigenvalue weighted by Gasteiger charge is -2.10. The van der Waals surface area contributed by atoms with Gasteiger partial charge in [0.1, 0.15) is 5.82 Å². The molecule has 1 heterocycles. The number of pyridine rings is 1. The van der Waals surface area contributed by atoms with Gasteiger partial charge in [0.15, 0.2) is 0 Å². The van der Waals surface area contributed by atoms with Crippen LogP contribution in [-0.2, 0) is 10.0 Å². The number of rotatable bonds is 4. The summed E-state index contributed by atoms with van der Waals surface area (Å²) in [6.45, 7) is 1.74. The smallest absolute Gasteiger partial charge is 0.263 e. The van der Waals surface area contributed by atoms with Crippen molar-refractivity contribution >= 4 is 21.7 Å². The van der Waals surface area contributed by atoms with E-state index in [4.69, 9.17) is 0 Å². The SMILES string of the molecule is CNC(=O)c1cc(S(=O)(=O)Nc2ccccn2)ccc1C. The van der Waals surface area contributed by atoms with E-state index in [9.17, 15) is 13.2 Å². The molecule has 21 heavy (non-hydrogen) atoms. The minimum atomic E-state index is -3.79. The lowest BCUT2D eigenvalue weighted by Crippen LogP contribution is -2.20. The number of nitrogens with one attached hydrogen (secondary N) is 2. The van der Waals surface area contributed by atoms with Crippen molar-refractivity contribution in [2.24, 2.45) is 0 Å². The molecule has 0 aliphatic carbocycles. The average molecular weight is 305 g/mol. The van der Waals surface area contributed by atoms with Crippen LogP contribution in [0, 0.1) is 6.92 Å². The number of hydrogen-bond acceptors (Lipinski definition) is 4. The summed E-state index contributed by atoms with van der Waals surface area (Å²) < 4.78 is 27.0. The highest BCUT2D eigenvalue weighted by molar-refractivity contribution is 7.92. The second-order valence-electron chi connectivity index (χ2n) is 4.38. The van der Waals surface area contributed by atoms with Gasteiger partial charge >= 0.3 is 0 Å². The molecule has 0 aliphatic heterocycles. The van der Waals surface area contributed by atoms with Crippen molar-refractivity contribution in [2.45, 2.75) is 11.8 Å². The van der Waals surface area contributed by atoms with Gasteiger partial charge in [-0.25, -0.2) is 13.4 Å². The first-order valence-electron chi connectivity index (χ1n) is 6.20. The zero-order chi connectivity index (χ0) is 15.5. The monoisotopic (exact) mass is 305 g/mol. The third kappa shape index (κ3) is 3.38. The number of hydrogen-bond donors (Lipinski definition) is 2. The molecule has 0 aliphatic rings. The largest absolute Gasteiger partial charge is 0.355 e. The average Bonchev–Trinajstić information content (AvgIpc) is 2.47.